The molecule has 2 heteroatoms. The van der Waals surface area contributed by atoms with Crippen LogP contribution in [0.4, 0.5) is 0 Å². The van der Waals surface area contributed by atoms with E-state index in [-0.39, 0.29) is 7.92 Å². The minimum atomic E-state index is -0.733. The number of benzene rings is 1. The molecule has 3 aliphatic rings. The molecule has 1 saturated carbocycles. The van der Waals surface area contributed by atoms with Crippen molar-refractivity contribution in [1.29, 1.82) is 0 Å². The van der Waals surface area contributed by atoms with Gasteiger partial charge in [-0.25, -0.2) is 0 Å². The number of hydrogen-bond acceptors (Lipinski definition) is 0. The van der Waals surface area contributed by atoms with Gasteiger partial charge >= 0.3 is 147 Å². The molecule has 0 heterocycles. The van der Waals surface area contributed by atoms with Crippen LogP contribution < -0.4 is 0 Å². The van der Waals surface area contributed by atoms with Crippen LogP contribution in [0.2, 0.25) is 3.67 Å². The van der Waals surface area contributed by atoms with Gasteiger partial charge in [0.2, 0.25) is 0 Å². The molecule has 0 saturated heterocycles. The summed E-state index contributed by atoms with van der Waals surface area (Å²) in [7, 11) is 0.0510. The van der Waals surface area contributed by atoms with Crippen LogP contribution in [-0.4, -0.2) is 13.3 Å². The first-order chi connectivity index (χ1) is 10.7. The first-order valence-corrected chi connectivity index (χ1v) is 14.7. The van der Waals surface area contributed by atoms with E-state index in [1.165, 1.54) is 18.4 Å². The van der Waals surface area contributed by atoms with E-state index >= 15 is 0 Å². The third-order valence-electron chi connectivity index (χ3n) is 5.38. The molecule has 0 bridgehead atoms. The second-order valence-corrected chi connectivity index (χ2v) is 15.1. The van der Waals surface area contributed by atoms with E-state index in [4.69, 9.17) is 0 Å². The van der Waals surface area contributed by atoms with Gasteiger partial charge in [-0.2, -0.15) is 0 Å². The number of rotatable bonds is 3. The van der Waals surface area contributed by atoms with E-state index in [0.29, 0.717) is 0 Å². The number of allylic oxidation sites excluding steroid dienone is 5. The maximum absolute atomic E-state index is 2.54. The van der Waals surface area contributed by atoms with E-state index in [0.717, 1.165) is 19.2 Å². The van der Waals surface area contributed by atoms with Crippen molar-refractivity contribution < 1.29 is 22.9 Å². The summed E-state index contributed by atoms with van der Waals surface area (Å²) in [6, 6.07) is 9.20. The van der Waals surface area contributed by atoms with Crippen LogP contribution in [0.1, 0.15) is 27.6 Å². The Bertz CT molecular complexity index is 655. The monoisotopic (exact) mass is 474 g/mol. The van der Waals surface area contributed by atoms with Gasteiger partial charge in [0.05, 0.1) is 0 Å². The molecule has 0 aromatic heterocycles. The molecule has 1 aromatic carbocycles. The molecule has 3 aliphatic carbocycles. The Hall–Kier alpha value is -0.260. The maximum atomic E-state index is 2.54. The Balaban J connectivity index is 1.60. The molecule has 1 fully saturated rings. The van der Waals surface area contributed by atoms with E-state index in [1.807, 2.05) is 0 Å². The standard InChI is InChI=1S/C11H12P.C9H11.Hf/c1-12(2)11-7-9-5-3-4-6-10(9)8-11;1-2-5-9-7-3-6-8(9)4-1;/h3-8H,1-2H3;1-2,4-6,8-9H,3,7H2;. The Morgan fingerprint density at radius 1 is 1.05 bits per heavy atom. The van der Waals surface area contributed by atoms with Crippen LogP contribution in [0.15, 0.2) is 53.9 Å². The average Bonchev–Trinajstić information content (AvgIpc) is 3.10. The van der Waals surface area contributed by atoms with Gasteiger partial charge in [0.1, 0.15) is 0 Å². The zero-order valence-corrected chi connectivity index (χ0v) is 17.9. The normalized spacial score (nSPS) is 32.0. The van der Waals surface area contributed by atoms with Gasteiger partial charge in [0, 0.05) is 0 Å². The van der Waals surface area contributed by atoms with Crippen molar-refractivity contribution in [3.63, 3.8) is 0 Å². The molecule has 0 spiro atoms. The predicted octanol–water partition coefficient (Wildman–Crippen LogP) is 5.85. The van der Waals surface area contributed by atoms with Gasteiger partial charge in [-0.15, -0.1) is 0 Å². The Morgan fingerprint density at radius 2 is 1.86 bits per heavy atom. The predicted molar refractivity (Wildman–Crippen MR) is 94.2 cm³/mol. The van der Waals surface area contributed by atoms with Gasteiger partial charge in [-0.05, 0) is 0 Å². The quantitative estimate of drug-likeness (QED) is 0.382. The number of fused-ring (bicyclic) bond motifs is 2. The third-order valence-corrected chi connectivity index (χ3v) is 15.1. The summed E-state index contributed by atoms with van der Waals surface area (Å²) in [5, 5.41) is 1.80. The first-order valence-electron chi connectivity index (χ1n) is 8.33. The summed E-state index contributed by atoms with van der Waals surface area (Å²) >= 11 is -0.733. The topological polar surface area (TPSA) is 0 Å². The third kappa shape index (κ3) is 2.69. The summed E-state index contributed by atoms with van der Waals surface area (Å²) in [6.45, 7) is 4.90. The molecule has 0 N–H and O–H groups in total. The van der Waals surface area contributed by atoms with E-state index in [2.05, 4.69) is 68.0 Å². The van der Waals surface area contributed by atoms with Crippen molar-refractivity contribution >= 4 is 14.0 Å². The van der Waals surface area contributed by atoms with Gasteiger partial charge in [0.15, 0.2) is 0 Å². The second kappa shape index (κ2) is 6.33. The molecule has 0 radical (unpaired) electrons. The average molecular weight is 473 g/mol. The molecule has 112 valence electrons. The minimum absolute atomic E-state index is 0.0510. The second-order valence-electron chi connectivity index (χ2n) is 6.89. The van der Waals surface area contributed by atoms with Crippen molar-refractivity contribution in [2.75, 3.05) is 13.3 Å². The molecule has 4 unspecified atom stereocenters. The van der Waals surface area contributed by atoms with Gasteiger partial charge in [-0.3, -0.25) is 0 Å². The zero-order chi connectivity index (χ0) is 15.1. The van der Waals surface area contributed by atoms with Crippen molar-refractivity contribution in [3.05, 3.63) is 65.0 Å². The molecule has 0 amide bonds. The van der Waals surface area contributed by atoms with Gasteiger partial charge < -0.3 is 0 Å². The van der Waals surface area contributed by atoms with E-state index < -0.39 is 22.9 Å². The summed E-state index contributed by atoms with van der Waals surface area (Å²) in [4.78, 5) is 0. The van der Waals surface area contributed by atoms with Crippen LogP contribution in [0.5, 0.6) is 0 Å². The van der Waals surface area contributed by atoms with Gasteiger partial charge in [0.25, 0.3) is 0 Å². The Labute approximate surface area is 146 Å². The first kappa shape index (κ1) is 15.3. The van der Waals surface area contributed by atoms with Crippen LogP contribution in [0.3, 0.4) is 0 Å². The molecular formula is C20H23HfP. The fraction of sp³-hybridized carbons (Fsp3) is 0.400. The van der Waals surface area contributed by atoms with Gasteiger partial charge in [-0.1, -0.05) is 0 Å². The molecule has 22 heavy (non-hydrogen) atoms. The molecule has 4 atom stereocenters. The zero-order valence-electron chi connectivity index (χ0n) is 13.4. The fourth-order valence-electron chi connectivity index (χ4n) is 4.23. The van der Waals surface area contributed by atoms with Crippen molar-refractivity contribution in [2.24, 2.45) is 11.8 Å². The summed E-state index contributed by atoms with van der Waals surface area (Å²) < 4.78 is 1.93. The molecule has 0 nitrogen and oxygen atoms in total. The Kier molecular flexibility index (Phi) is 4.39. The van der Waals surface area contributed by atoms with Crippen LogP contribution in [-0.2, 0) is 22.9 Å². The number of hydrogen-bond donors (Lipinski definition) is 0. The SMILES string of the molecule is CP(C)C1=Cc2ccccc2[CH]1[Hf][CH]1CCC2C=CC=CC21. The Morgan fingerprint density at radius 3 is 2.73 bits per heavy atom. The van der Waals surface area contributed by atoms with E-state index in [9.17, 15) is 0 Å². The van der Waals surface area contributed by atoms with Crippen LogP contribution in [0.25, 0.3) is 6.08 Å². The summed E-state index contributed by atoms with van der Waals surface area (Å²) in [6.07, 6.45) is 15.0. The molecule has 4 rings (SSSR count). The molecule has 1 aromatic rings. The molecule has 0 aliphatic heterocycles. The summed E-state index contributed by atoms with van der Waals surface area (Å²) in [5.41, 5.74) is 3.20. The molecular weight excluding hydrogens is 450 g/mol. The summed E-state index contributed by atoms with van der Waals surface area (Å²) in [5.74, 6) is 1.73. The van der Waals surface area contributed by atoms with Crippen LogP contribution >= 0.6 is 7.92 Å². The van der Waals surface area contributed by atoms with Crippen LogP contribution in [0, 0.1) is 11.8 Å². The van der Waals surface area contributed by atoms with E-state index in [1.54, 1.807) is 10.9 Å². The fourth-order valence-corrected chi connectivity index (χ4v) is 16.0. The van der Waals surface area contributed by atoms with Crippen molar-refractivity contribution in [2.45, 2.75) is 20.2 Å². The van der Waals surface area contributed by atoms with Crippen molar-refractivity contribution in [3.8, 4) is 0 Å². The van der Waals surface area contributed by atoms with Crippen molar-refractivity contribution in [1.82, 2.24) is 0 Å².